The summed E-state index contributed by atoms with van der Waals surface area (Å²) in [5, 5.41) is 0. The van der Waals surface area contributed by atoms with Gasteiger partial charge in [-0.15, -0.1) is 0 Å². The quantitative estimate of drug-likeness (QED) is 0.751. The highest BCUT2D eigenvalue weighted by Gasteiger charge is 2.12. The topological polar surface area (TPSA) is 43.8 Å². The summed E-state index contributed by atoms with van der Waals surface area (Å²) < 4.78 is 15.9. The average Bonchev–Trinajstić information content (AvgIpc) is 2.96. The van der Waals surface area contributed by atoms with Gasteiger partial charge in [0.2, 0.25) is 0 Å². The van der Waals surface area contributed by atoms with Gasteiger partial charge in [-0.25, -0.2) is 9.37 Å². The Hall–Kier alpha value is -2.53. The number of halogens is 1. The second-order valence-electron chi connectivity index (χ2n) is 4.88. The van der Waals surface area contributed by atoms with Crippen molar-refractivity contribution in [1.29, 1.82) is 0 Å². The van der Waals surface area contributed by atoms with Crippen LogP contribution in [0.2, 0.25) is 0 Å². The van der Waals surface area contributed by atoms with Crippen molar-refractivity contribution in [3.8, 4) is 11.4 Å². The lowest BCUT2D eigenvalue weighted by Gasteiger charge is -2.12. The van der Waals surface area contributed by atoms with E-state index < -0.39 is 0 Å². The van der Waals surface area contributed by atoms with Gasteiger partial charge in [0, 0.05) is 24.5 Å². The maximum Gasteiger partial charge on any atom is 0.143 e. The number of nitrogens with zero attached hydrogens (tertiary/aromatic N) is 2. The van der Waals surface area contributed by atoms with Gasteiger partial charge in [0.05, 0.1) is 5.56 Å². The molecule has 5 heteroatoms. The van der Waals surface area contributed by atoms with E-state index in [-0.39, 0.29) is 5.82 Å². The average molecular weight is 311 g/mol. The fourth-order valence-corrected chi connectivity index (χ4v) is 2.60. The molecule has 1 aromatic heterocycles. The predicted octanol–water partition coefficient (Wildman–Crippen LogP) is 3.37. The Morgan fingerprint density at radius 3 is 2.64 bits per heavy atom. The summed E-state index contributed by atoms with van der Waals surface area (Å²) in [6.07, 6.45) is 3.48. The van der Waals surface area contributed by atoms with Gasteiger partial charge in [0.15, 0.2) is 0 Å². The van der Waals surface area contributed by atoms with E-state index in [0.29, 0.717) is 22.9 Å². The molecule has 3 nitrogen and oxygen atoms in total. The molecule has 0 saturated carbocycles. The third kappa shape index (κ3) is 2.76. The van der Waals surface area contributed by atoms with Crippen molar-refractivity contribution in [1.82, 2.24) is 9.55 Å². The van der Waals surface area contributed by atoms with Crippen LogP contribution in [0.5, 0.6) is 0 Å². The molecule has 0 fully saturated rings. The van der Waals surface area contributed by atoms with Crippen LogP contribution in [-0.4, -0.2) is 14.5 Å². The number of thiocarbonyl (C=S) groups is 1. The van der Waals surface area contributed by atoms with E-state index in [1.165, 1.54) is 6.07 Å². The molecule has 110 valence electrons. The lowest BCUT2D eigenvalue weighted by molar-refractivity contribution is 0.628. The number of hydrogen-bond acceptors (Lipinski definition) is 2. The molecule has 3 rings (SSSR count). The van der Waals surface area contributed by atoms with Crippen LogP contribution in [0.1, 0.15) is 11.1 Å². The van der Waals surface area contributed by atoms with Gasteiger partial charge >= 0.3 is 0 Å². The summed E-state index contributed by atoms with van der Waals surface area (Å²) in [6.45, 7) is 0.525. The molecule has 3 aromatic rings. The van der Waals surface area contributed by atoms with E-state index in [1.54, 1.807) is 24.4 Å². The van der Waals surface area contributed by atoms with Crippen molar-refractivity contribution in [2.45, 2.75) is 6.54 Å². The highest BCUT2D eigenvalue weighted by Crippen LogP contribution is 2.22. The van der Waals surface area contributed by atoms with Crippen LogP contribution >= 0.6 is 12.2 Å². The molecular formula is C17H14FN3S. The highest BCUT2D eigenvalue weighted by atomic mass is 32.1. The van der Waals surface area contributed by atoms with Crippen molar-refractivity contribution >= 4 is 17.2 Å². The normalized spacial score (nSPS) is 10.6. The molecule has 0 aliphatic rings. The van der Waals surface area contributed by atoms with Gasteiger partial charge in [-0.2, -0.15) is 0 Å². The minimum atomic E-state index is -0.294. The minimum Gasteiger partial charge on any atom is -0.389 e. The fraction of sp³-hybridized carbons (Fsp3) is 0.0588. The molecule has 0 saturated heterocycles. The van der Waals surface area contributed by atoms with Gasteiger partial charge in [0.25, 0.3) is 0 Å². The zero-order valence-electron chi connectivity index (χ0n) is 11.7. The van der Waals surface area contributed by atoms with Gasteiger partial charge in [0.1, 0.15) is 16.6 Å². The monoisotopic (exact) mass is 311 g/mol. The lowest BCUT2D eigenvalue weighted by atomic mass is 10.1. The van der Waals surface area contributed by atoms with Crippen LogP contribution in [0.25, 0.3) is 11.4 Å². The van der Waals surface area contributed by atoms with Crippen molar-refractivity contribution in [2.24, 2.45) is 5.73 Å². The molecule has 0 radical (unpaired) electrons. The Labute approximate surface area is 133 Å². The molecule has 1 heterocycles. The molecule has 2 N–H and O–H groups in total. The number of aromatic nitrogens is 2. The summed E-state index contributed by atoms with van der Waals surface area (Å²) >= 11 is 5.09. The second-order valence-corrected chi connectivity index (χ2v) is 5.32. The number of nitrogens with two attached hydrogens (primary N) is 1. The summed E-state index contributed by atoms with van der Waals surface area (Å²) in [6, 6.07) is 14.3. The molecule has 0 amide bonds. The molecular weight excluding hydrogens is 297 g/mol. The zero-order chi connectivity index (χ0) is 15.5. The second kappa shape index (κ2) is 6.07. The SMILES string of the molecule is NC(=S)c1ccccc1Cn1ccnc1-c1ccccc1F. The third-order valence-corrected chi connectivity index (χ3v) is 3.67. The van der Waals surface area contributed by atoms with E-state index in [2.05, 4.69) is 4.98 Å². The number of rotatable bonds is 4. The highest BCUT2D eigenvalue weighted by molar-refractivity contribution is 7.80. The minimum absolute atomic E-state index is 0.294. The first-order valence-electron chi connectivity index (χ1n) is 6.80. The Kier molecular flexibility index (Phi) is 3.98. The molecule has 0 aliphatic carbocycles. The lowest BCUT2D eigenvalue weighted by Crippen LogP contribution is -2.14. The van der Waals surface area contributed by atoms with E-state index in [4.69, 9.17) is 18.0 Å². The van der Waals surface area contributed by atoms with Crippen LogP contribution in [0, 0.1) is 5.82 Å². The summed E-state index contributed by atoms with van der Waals surface area (Å²) in [5.41, 5.74) is 8.04. The molecule has 22 heavy (non-hydrogen) atoms. The fourth-order valence-electron chi connectivity index (χ4n) is 2.41. The van der Waals surface area contributed by atoms with Crippen molar-refractivity contribution in [3.05, 3.63) is 77.9 Å². The Bertz CT molecular complexity index is 826. The van der Waals surface area contributed by atoms with Crippen molar-refractivity contribution < 1.29 is 4.39 Å². The Balaban J connectivity index is 2.01. The van der Waals surface area contributed by atoms with Crippen molar-refractivity contribution in [2.75, 3.05) is 0 Å². The first kappa shape index (κ1) is 14.4. The van der Waals surface area contributed by atoms with Gasteiger partial charge in [-0.1, -0.05) is 48.6 Å². The molecule has 0 aliphatic heterocycles. The standard InChI is InChI=1S/C17H14FN3S/c18-15-8-4-3-7-14(15)17-20-9-10-21(17)11-12-5-1-2-6-13(12)16(19)22/h1-10H,11H2,(H2,19,22). The van der Waals surface area contributed by atoms with Crippen LogP contribution in [-0.2, 0) is 6.54 Å². The van der Waals surface area contributed by atoms with Crippen LogP contribution in [0.4, 0.5) is 4.39 Å². The summed E-state index contributed by atoms with van der Waals surface area (Å²) in [4.78, 5) is 4.63. The maximum absolute atomic E-state index is 14.0. The summed E-state index contributed by atoms with van der Waals surface area (Å²) in [7, 11) is 0. The molecule has 0 spiro atoms. The Morgan fingerprint density at radius 2 is 1.86 bits per heavy atom. The molecule has 2 aromatic carbocycles. The summed E-state index contributed by atoms with van der Waals surface area (Å²) in [5.74, 6) is 0.286. The molecule has 0 unspecified atom stereocenters. The first-order chi connectivity index (χ1) is 10.7. The van der Waals surface area contributed by atoms with Crippen molar-refractivity contribution in [3.63, 3.8) is 0 Å². The molecule has 0 bridgehead atoms. The first-order valence-corrected chi connectivity index (χ1v) is 7.21. The van der Waals surface area contributed by atoms with E-state index in [1.807, 2.05) is 35.0 Å². The van der Waals surface area contributed by atoms with E-state index in [0.717, 1.165) is 11.1 Å². The largest absolute Gasteiger partial charge is 0.389 e. The van der Waals surface area contributed by atoms with Gasteiger partial charge < -0.3 is 10.3 Å². The van der Waals surface area contributed by atoms with Gasteiger partial charge in [-0.05, 0) is 17.7 Å². The van der Waals surface area contributed by atoms with Crippen LogP contribution in [0.3, 0.4) is 0 Å². The third-order valence-electron chi connectivity index (χ3n) is 3.45. The van der Waals surface area contributed by atoms with Gasteiger partial charge in [-0.3, -0.25) is 0 Å². The maximum atomic E-state index is 14.0. The van der Waals surface area contributed by atoms with Crippen LogP contribution < -0.4 is 5.73 Å². The number of hydrogen-bond donors (Lipinski definition) is 1. The Morgan fingerprint density at radius 1 is 1.14 bits per heavy atom. The smallest absolute Gasteiger partial charge is 0.143 e. The number of imidazole rings is 1. The number of benzene rings is 2. The zero-order valence-corrected chi connectivity index (χ0v) is 12.6. The predicted molar refractivity (Wildman–Crippen MR) is 89.1 cm³/mol. The molecule has 0 atom stereocenters. The van der Waals surface area contributed by atoms with E-state index in [9.17, 15) is 4.39 Å². The van der Waals surface area contributed by atoms with Crippen LogP contribution in [0.15, 0.2) is 60.9 Å². The van der Waals surface area contributed by atoms with E-state index >= 15 is 0 Å².